The quantitative estimate of drug-likeness (QED) is 0.0200. The molecule has 1 aromatic heterocycles. The van der Waals surface area contributed by atoms with E-state index in [2.05, 4.69) is 26.6 Å². The van der Waals surface area contributed by atoms with Crippen LogP contribution in [0.4, 0.5) is 31.4 Å². The molecule has 29 nitrogen and oxygen atoms in total. The summed E-state index contributed by atoms with van der Waals surface area (Å²) in [6, 6.07) is 22.9. The summed E-state index contributed by atoms with van der Waals surface area (Å²) in [4.78, 5) is 139. The topological polar surface area (TPSA) is 414 Å². The van der Waals surface area contributed by atoms with Crippen molar-refractivity contribution in [3.63, 3.8) is 0 Å². The van der Waals surface area contributed by atoms with E-state index in [1.165, 1.54) is 46.7 Å². The molecule has 4 heterocycles. The fraction of sp³-hybridized carbons (Fsp3) is 0.429. The van der Waals surface area contributed by atoms with E-state index in [0.717, 1.165) is 16.9 Å². The third-order valence-corrected chi connectivity index (χ3v) is 19.7. The van der Waals surface area contributed by atoms with Crippen LogP contribution in [0, 0.1) is 5.92 Å². The highest BCUT2D eigenvalue weighted by molar-refractivity contribution is 7.16. The van der Waals surface area contributed by atoms with E-state index >= 15 is 0 Å². The number of alkyl halides is 2. The van der Waals surface area contributed by atoms with Gasteiger partial charge in [-0.1, -0.05) is 74.5 Å². The number of carbonyl (C=O) groups is 10. The third kappa shape index (κ3) is 17.9. The van der Waals surface area contributed by atoms with Gasteiger partial charge in [0.05, 0.1) is 21.1 Å². The van der Waals surface area contributed by atoms with Gasteiger partial charge in [-0.05, 0) is 96.3 Å². The second kappa shape index (κ2) is 34.5. The van der Waals surface area contributed by atoms with Gasteiger partial charge in [0.25, 0.3) is 11.8 Å². The number of carboxylic acids is 1. The number of likely N-dealkylation sites (N-methyl/N-ethyl adjacent to an activating group) is 2. The number of unbranched alkanes of at least 4 members (excludes halogenated alkanes) is 1. The van der Waals surface area contributed by atoms with Crippen LogP contribution in [0.5, 0.6) is 11.5 Å². The number of carbonyl (C=O) groups excluding carboxylic acids is 9. The van der Waals surface area contributed by atoms with Crippen LogP contribution in [0.25, 0.3) is 21.5 Å². The maximum Gasteiger partial charge on any atom is 0.415 e. The van der Waals surface area contributed by atoms with Crippen molar-refractivity contribution in [2.75, 3.05) is 80.2 Å². The highest BCUT2D eigenvalue weighted by atomic mass is 35.5. The first kappa shape index (κ1) is 76.8. The zero-order valence-corrected chi connectivity index (χ0v) is 58.9. The number of aliphatic hydroxyl groups is 3. The Morgan fingerprint density at radius 3 is 1.75 bits per heavy atom. The normalized spacial score (nSPS) is 19.2. The highest BCUT2D eigenvalue weighted by Crippen LogP contribution is 2.49. The van der Waals surface area contributed by atoms with Crippen LogP contribution in [-0.4, -0.2) is 204 Å². The fourth-order valence-corrected chi connectivity index (χ4v) is 13.8. The van der Waals surface area contributed by atoms with Crippen LogP contribution in [-0.2, 0) is 40.1 Å². The molecule has 1 fully saturated rings. The van der Waals surface area contributed by atoms with Gasteiger partial charge in [-0.3, -0.25) is 28.8 Å². The molecule has 10 amide bonds. The van der Waals surface area contributed by atoms with Crippen molar-refractivity contribution in [1.29, 1.82) is 0 Å². The minimum atomic E-state index is -1.95. The molecular weight excluding hydrogens is 1390 g/mol. The monoisotopic (exact) mass is 1470 g/mol. The van der Waals surface area contributed by atoms with Gasteiger partial charge >= 0.3 is 24.2 Å². The number of amides is 10. The Hall–Kier alpha value is -9.40. The van der Waals surface area contributed by atoms with E-state index < -0.39 is 114 Å². The number of thiophene rings is 1. The molecule has 9 rings (SSSR count). The summed E-state index contributed by atoms with van der Waals surface area (Å²) in [7, 11) is 2.98. The molecule has 0 aliphatic carbocycles. The van der Waals surface area contributed by atoms with Crippen molar-refractivity contribution >= 4 is 133 Å². The Labute approximate surface area is 601 Å². The molecule has 32 heteroatoms. The number of fused-ring (bicyclic) bond motifs is 6. The number of nitrogens with one attached hydrogen (secondary N) is 5. The lowest BCUT2D eigenvalue weighted by molar-refractivity contribution is -0.270. The number of hydrogen-bond acceptors (Lipinski definition) is 19. The molecule has 3 aliphatic rings. The van der Waals surface area contributed by atoms with Crippen molar-refractivity contribution in [2.24, 2.45) is 17.4 Å². The van der Waals surface area contributed by atoms with Gasteiger partial charge in [0.2, 0.25) is 29.9 Å². The number of primary amides is 1. The Morgan fingerprint density at radius 2 is 1.21 bits per heavy atom. The summed E-state index contributed by atoms with van der Waals surface area (Å²) < 4.78 is 23.2. The lowest BCUT2D eigenvalue weighted by Gasteiger charge is -2.38. The number of aliphatic carboxylic acids is 1. The maximum atomic E-state index is 14.8. The van der Waals surface area contributed by atoms with E-state index in [9.17, 15) is 68.4 Å². The molecule has 0 spiro atoms. The summed E-state index contributed by atoms with van der Waals surface area (Å²) >= 11 is 14.2. The zero-order chi connectivity index (χ0) is 73.8. The fourth-order valence-electron chi connectivity index (χ4n) is 12.4. The van der Waals surface area contributed by atoms with E-state index in [1.54, 1.807) is 92.7 Å². The first-order valence-electron chi connectivity index (χ1n) is 33.1. The summed E-state index contributed by atoms with van der Waals surface area (Å²) in [6.45, 7) is 5.33. The molecule has 1 saturated heterocycles. The Morgan fingerprint density at radius 1 is 0.667 bits per heavy atom. The smallest absolute Gasteiger partial charge is 0.415 e. The van der Waals surface area contributed by atoms with Crippen molar-refractivity contribution in [3.8, 4) is 11.5 Å². The van der Waals surface area contributed by atoms with Gasteiger partial charge in [0.1, 0.15) is 54.5 Å². The first-order valence-corrected chi connectivity index (χ1v) is 35.0. The number of benzene rings is 5. The first-order chi connectivity index (χ1) is 48.7. The van der Waals surface area contributed by atoms with Gasteiger partial charge < -0.3 is 97.0 Å². The second-order valence-electron chi connectivity index (χ2n) is 25.5. The number of halogens is 2. The second-order valence-corrected chi connectivity index (χ2v) is 27.2. The average molecular weight is 1470 g/mol. The molecule has 102 heavy (non-hydrogen) atoms. The molecule has 6 aromatic rings. The number of hydrogen-bond donors (Lipinski definition) is 11. The van der Waals surface area contributed by atoms with E-state index in [4.69, 9.17) is 53.6 Å². The molecule has 5 aromatic carbocycles. The molecule has 3 unspecified atom stereocenters. The van der Waals surface area contributed by atoms with Crippen LogP contribution in [0.15, 0.2) is 97.1 Å². The van der Waals surface area contributed by atoms with Crippen molar-refractivity contribution < 1.29 is 87.3 Å². The number of rotatable bonds is 29. The van der Waals surface area contributed by atoms with Crippen LogP contribution < -0.4 is 57.3 Å². The highest BCUT2D eigenvalue weighted by Gasteiger charge is 2.49. The molecule has 0 radical (unpaired) electrons. The molecule has 546 valence electrons. The van der Waals surface area contributed by atoms with E-state index in [-0.39, 0.29) is 97.0 Å². The molecule has 13 N–H and O–H groups in total. The minimum Gasteiger partial charge on any atom is -0.479 e. The molecule has 0 saturated carbocycles. The molecule has 10 atom stereocenters. The van der Waals surface area contributed by atoms with Gasteiger partial charge in [-0.2, -0.15) is 0 Å². The van der Waals surface area contributed by atoms with Crippen LogP contribution in [0.1, 0.15) is 101 Å². The standard InChI is InChI=1S/C70H83Cl2N11O18S/c1-36(2)56(79-62(89)46(76-37(3)84)17-10-11-25-73)63(90)78-47(18-12-26-75-68(74)95)61(88)77-41-21-19-38(20-22-41)35-98-69(96)80(4)27-28-81(5)70(97)100-51-30-49-55(45-16-9-7-14-43(45)51)40(32-72)34-83(49)65(92)53-24-23-52(102-53)64(91)82-33-39(31-71)54-44-15-8-6-13-42(44)50(29-48(54)82)99-67-59(87)57(85)58(86)60(101-67)66(93)94/h6-9,13-16,19-24,29-30,36,39-40,46-47,56-60,67,85-87H,10-12,17-18,25-28,31-35,73H2,1-5H3,(H,76,84)(H,77,88)(H,78,90)(H,79,89)(H,93,94)(H3,74,75,95)/t39-,40-,46?,47?,56?,57+,58+,59-,60+,67-/m1/s1. The number of nitrogens with two attached hydrogens (primary N) is 2. The molecule has 3 aliphatic heterocycles. The zero-order valence-electron chi connectivity index (χ0n) is 56.6. The van der Waals surface area contributed by atoms with Gasteiger partial charge in [-0.15, -0.1) is 34.5 Å². The third-order valence-electron chi connectivity index (χ3n) is 17.9. The van der Waals surface area contributed by atoms with Crippen LogP contribution in [0.2, 0.25) is 0 Å². The number of carboxylic acid groups (broad SMARTS) is 1. The summed E-state index contributed by atoms with van der Waals surface area (Å²) in [5, 5.41) is 57.2. The maximum absolute atomic E-state index is 14.8. The van der Waals surface area contributed by atoms with Gasteiger partial charge in [0.15, 0.2) is 6.10 Å². The summed E-state index contributed by atoms with van der Waals surface area (Å²) in [5.74, 6) is -5.51. The lowest BCUT2D eigenvalue weighted by Crippen LogP contribution is -2.61. The van der Waals surface area contributed by atoms with Gasteiger partial charge in [0, 0.05) is 106 Å². The predicted octanol–water partition coefficient (Wildman–Crippen LogP) is 5.64. The largest absolute Gasteiger partial charge is 0.479 e. The number of urea groups is 1. The Kier molecular flexibility index (Phi) is 26.0. The SMILES string of the molecule is CC(=O)NC(CCCCN)C(=O)NC(C(=O)NC(CCCNC(N)=O)C(=O)Nc1ccc(COC(=O)N(C)CCN(C)C(=O)Oc2cc3c(c4ccccc24)[C@H](CCl)CN3C(=O)c2ccc(C(=O)N3C[C@@H](CCl)c4c3cc(O[C@@H]3O[C@H](C(=O)O)[C@@H](O)[C@H](O)[C@H]3O)c3ccccc43)s2)cc1)C(C)C. The van der Waals surface area contributed by atoms with E-state index in [0.29, 0.717) is 75.5 Å². The van der Waals surface area contributed by atoms with Gasteiger partial charge in [-0.25, -0.2) is 19.2 Å². The van der Waals surface area contributed by atoms with Crippen molar-refractivity contribution in [3.05, 3.63) is 124 Å². The van der Waals surface area contributed by atoms with Crippen LogP contribution in [0.3, 0.4) is 0 Å². The van der Waals surface area contributed by atoms with Crippen molar-refractivity contribution in [2.45, 2.75) is 120 Å². The van der Waals surface area contributed by atoms with Crippen LogP contribution >= 0.6 is 34.5 Å². The Bertz CT molecular complexity index is 4110. The van der Waals surface area contributed by atoms with Crippen molar-refractivity contribution in [1.82, 2.24) is 31.1 Å². The number of aliphatic hydroxyl groups excluding tert-OH is 3. The molecular formula is C70H83Cl2N11O18S. The predicted molar refractivity (Wildman–Crippen MR) is 380 cm³/mol. The summed E-state index contributed by atoms with van der Waals surface area (Å²) in [6.07, 6.45) is -9.16. The number of nitrogens with zero attached hydrogens (tertiary/aromatic N) is 4. The number of anilines is 3. The number of ether oxygens (including phenoxy) is 4. The molecule has 0 bridgehead atoms. The lowest BCUT2D eigenvalue weighted by atomic mass is 9.95. The van der Waals surface area contributed by atoms with E-state index in [1.807, 2.05) is 12.1 Å². The minimum absolute atomic E-state index is 0.00295. The summed E-state index contributed by atoms with van der Waals surface area (Å²) in [5.41, 5.74) is 14.0. The average Bonchev–Trinajstić information content (AvgIpc) is 1.56. The Balaban J connectivity index is 0.815.